The zero-order chi connectivity index (χ0) is 14.0. The molecule has 19 heavy (non-hydrogen) atoms. The van der Waals surface area contributed by atoms with Gasteiger partial charge in [0, 0.05) is 13.2 Å². The lowest BCUT2D eigenvalue weighted by Gasteiger charge is -2.34. The Labute approximate surface area is 112 Å². The Morgan fingerprint density at radius 2 is 2.00 bits per heavy atom. The number of anilines is 1. The predicted molar refractivity (Wildman–Crippen MR) is 71.5 cm³/mol. The predicted octanol–water partition coefficient (Wildman–Crippen LogP) is 0.733. The minimum Gasteiger partial charge on any atom is -0.495 e. The molecule has 0 heterocycles. The first-order valence-corrected chi connectivity index (χ1v) is 7.43. The van der Waals surface area contributed by atoms with Gasteiger partial charge >= 0.3 is 0 Å². The van der Waals surface area contributed by atoms with Crippen LogP contribution in [0.4, 0.5) is 5.69 Å². The van der Waals surface area contributed by atoms with E-state index in [-0.39, 0.29) is 17.0 Å². The highest BCUT2D eigenvalue weighted by atomic mass is 32.2. The molecule has 0 spiro atoms. The van der Waals surface area contributed by atoms with Crippen molar-refractivity contribution in [2.24, 2.45) is 0 Å². The molecule has 1 aromatic rings. The number of ether oxygens (including phenoxy) is 2. The SMILES string of the molecule is COc1ccc(S(=O)(=O)NC2CC(OC)C2)cc1N. The van der Waals surface area contributed by atoms with Crippen molar-refractivity contribution in [1.82, 2.24) is 4.72 Å². The van der Waals surface area contributed by atoms with Gasteiger partial charge in [0.1, 0.15) is 5.75 Å². The topological polar surface area (TPSA) is 90.7 Å². The first-order valence-electron chi connectivity index (χ1n) is 5.95. The van der Waals surface area contributed by atoms with Gasteiger partial charge in [-0.1, -0.05) is 0 Å². The molecule has 0 aromatic heterocycles. The number of sulfonamides is 1. The maximum absolute atomic E-state index is 12.1. The number of hydrogen-bond donors (Lipinski definition) is 2. The van der Waals surface area contributed by atoms with Gasteiger partial charge < -0.3 is 15.2 Å². The first kappa shape index (κ1) is 14.1. The highest BCUT2D eigenvalue weighted by Gasteiger charge is 2.32. The van der Waals surface area contributed by atoms with E-state index < -0.39 is 10.0 Å². The molecule has 0 unspecified atom stereocenters. The Morgan fingerprint density at radius 3 is 2.53 bits per heavy atom. The summed E-state index contributed by atoms with van der Waals surface area (Å²) >= 11 is 0. The van der Waals surface area contributed by atoms with E-state index in [1.165, 1.54) is 19.2 Å². The second-order valence-corrected chi connectivity index (χ2v) is 6.27. The van der Waals surface area contributed by atoms with Crippen molar-refractivity contribution in [1.29, 1.82) is 0 Å². The van der Waals surface area contributed by atoms with E-state index in [1.54, 1.807) is 13.2 Å². The molecule has 0 saturated heterocycles. The lowest BCUT2D eigenvalue weighted by atomic mass is 9.90. The van der Waals surface area contributed by atoms with E-state index >= 15 is 0 Å². The summed E-state index contributed by atoms with van der Waals surface area (Å²) in [4.78, 5) is 0.145. The minimum atomic E-state index is -3.54. The molecular formula is C12H18N2O4S. The van der Waals surface area contributed by atoms with E-state index in [1.807, 2.05) is 0 Å². The van der Waals surface area contributed by atoms with E-state index in [0.29, 0.717) is 24.3 Å². The summed E-state index contributed by atoms with van der Waals surface area (Å²) in [7, 11) is -0.433. The molecule has 6 nitrogen and oxygen atoms in total. The van der Waals surface area contributed by atoms with Crippen molar-refractivity contribution in [3.8, 4) is 5.75 Å². The van der Waals surface area contributed by atoms with Crippen LogP contribution < -0.4 is 15.2 Å². The van der Waals surface area contributed by atoms with Gasteiger partial charge in [-0.05, 0) is 31.0 Å². The van der Waals surface area contributed by atoms with E-state index in [2.05, 4.69) is 4.72 Å². The van der Waals surface area contributed by atoms with Crippen molar-refractivity contribution in [3.63, 3.8) is 0 Å². The number of hydrogen-bond acceptors (Lipinski definition) is 5. The van der Waals surface area contributed by atoms with Crippen LogP contribution in [-0.4, -0.2) is 34.8 Å². The standard InChI is InChI=1S/C12H18N2O4S/c1-17-9-5-8(6-9)14-19(15,16)10-3-4-12(18-2)11(13)7-10/h3-4,7-9,14H,5-6,13H2,1-2H3. The molecule has 1 fully saturated rings. The Bertz CT molecular complexity index is 553. The minimum absolute atomic E-state index is 0.0710. The van der Waals surface area contributed by atoms with Gasteiger partial charge in [-0.15, -0.1) is 0 Å². The molecule has 0 aliphatic heterocycles. The lowest BCUT2D eigenvalue weighted by molar-refractivity contribution is 0.0236. The van der Waals surface area contributed by atoms with Crippen molar-refractivity contribution >= 4 is 15.7 Å². The summed E-state index contributed by atoms with van der Waals surface area (Å²) in [5, 5.41) is 0. The quantitative estimate of drug-likeness (QED) is 0.779. The molecule has 1 saturated carbocycles. The van der Waals surface area contributed by atoms with E-state index in [9.17, 15) is 8.42 Å². The van der Waals surface area contributed by atoms with Gasteiger partial charge in [-0.3, -0.25) is 0 Å². The summed E-state index contributed by atoms with van der Waals surface area (Å²) in [6, 6.07) is 4.35. The average molecular weight is 286 g/mol. The van der Waals surface area contributed by atoms with Crippen LogP contribution in [0, 0.1) is 0 Å². The monoisotopic (exact) mass is 286 g/mol. The molecule has 7 heteroatoms. The van der Waals surface area contributed by atoms with Crippen LogP contribution in [0.15, 0.2) is 23.1 Å². The van der Waals surface area contributed by atoms with Gasteiger partial charge in [0.25, 0.3) is 0 Å². The van der Waals surface area contributed by atoms with Gasteiger partial charge in [-0.2, -0.15) is 0 Å². The third-order valence-corrected chi connectivity index (χ3v) is 4.78. The fourth-order valence-electron chi connectivity index (χ4n) is 2.02. The number of methoxy groups -OCH3 is 2. The first-order chi connectivity index (χ1) is 8.96. The zero-order valence-corrected chi connectivity index (χ0v) is 11.7. The number of benzene rings is 1. The van der Waals surface area contributed by atoms with Crippen molar-refractivity contribution in [3.05, 3.63) is 18.2 Å². The Morgan fingerprint density at radius 1 is 1.32 bits per heavy atom. The summed E-state index contributed by atoms with van der Waals surface area (Å²) < 4.78 is 37.0. The molecule has 3 N–H and O–H groups in total. The Hall–Kier alpha value is -1.31. The zero-order valence-electron chi connectivity index (χ0n) is 10.9. The molecule has 1 aromatic carbocycles. The Kier molecular flexibility index (Phi) is 3.98. The van der Waals surface area contributed by atoms with Crippen LogP contribution >= 0.6 is 0 Å². The smallest absolute Gasteiger partial charge is 0.240 e. The number of nitrogens with one attached hydrogen (secondary N) is 1. The molecule has 0 atom stereocenters. The molecular weight excluding hydrogens is 268 g/mol. The number of nitrogens with two attached hydrogens (primary N) is 1. The second-order valence-electron chi connectivity index (χ2n) is 4.55. The van der Waals surface area contributed by atoms with Crippen LogP contribution in [0.2, 0.25) is 0 Å². The van der Waals surface area contributed by atoms with Crippen molar-refractivity contribution < 1.29 is 17.9 Å². The Balaban J connectivity index is 2.09. The second kappa shape index (κ2) is 5.36. The van der Waals surface area contributed by atoms with E-state index in [0.717, 1.165) is 0 Å². The third-order valence-electron chi connectivity index (χ3n) is 3.26. The fourth-order valence-corrected chi connectivity index (χ4v) is 3.32. The molecule has 106 valence electrons. The number of nitrogen functional groups attached to an aromatic ring is 1. The summed E-state index contributed by atoms with van der Waals surface area (Å²) in [6.07, 6.45) is 1.54. The van der Waals surface area contributed by atoms with Gasteiger partial charge in [0.15, 0.2) is 0 Å². The largest absolute Gasteiger partial charge is 0.495 e. The maximum atomic E-state index is 12.1. The van der Waals surface area contributed by atoms with Crippen molar-refractivity contribution in [2.45, 2.75) is 29.9 Å². The van der Waals surface area contributed by atoms with Crippen molar-refractivity contribution in [2.75, 3.05) is 20.0 Å². The molecule has 0 bridgehead atoms. The van der Waals surface area contributed by atoms with Gasteiger partial charge in [0.05, 0.1) is 23.8 Å². The maximum Gasteiger partial charge on any atom is 0.240 e. The molecule has 1 aliphatic carbocycles. The van der Waals surface area contributed by atoms with Gasteiger partial charge in [0.2, 0.25) is 10.0 Å². The highest BCUT2D eigenvalue weighted by molar-refractivity contribution is 7.89. The normalized spacial score (nSPS) is 22.8. The molecule has 0 amide bonds. The summed E-state index contributed by atoms with van der Waals surface area (Å²) in [5.74, 6) is 0.460. The summed E-state index contributed by atoms with van der Waals surface area (Å²) in [5.41, 5.74) is 6.01. The molecule has 0 radical (unpaired) electrons. The van der Waals surface area contributed by atoms with Crippen LogP contribution in [0.1, 0.15) is 12.8 Å². The fraction of sp³-hybridized carbons (Fsp3) is 0.500. The molecule has 1 aliphatic rings. The average Bonchev–Trinajstić information content (AvgIpc) is 2.33. The highest BCUT2D eigenvalue weighted by Crippen LogP contribution is 2.27. The lowest BCUT2D eigenvalue weighted by Crippen LogP contribution is -2.47. The van der Waals surface area contributed by atoms with Crippen LogP contribution in [0.25, 0.3) is 0 Å². The van der Waals surface area contributed by atoms with Crippen LogP contribution in [0.5, 0.6) is 5.75 Å². The van der Waals surface area contributed by atoms with Crippen LogP contribution in [0.3, 0.4) is 0 Å². The van der Waals surface area contributed by atoms with Crippen LogP contribution in [-0.2, 0) is 14.8 Å². The van der Waals surface area contributed by atoms with Gasteiger partial charge in [-0.25, -0.2) is 13.1 Å². The number of rotatable bonds is 5. The summed E-state index contributed by atoms with van der Waals surface area (Å²) in [6.45, 7) is 0. The van der Waals surface area contributed by atoms with E-state index in [4.69, 9.17) is 15.2 Å². The third kappa shape index (κ3) is 2.99. The molecule has 2 rings (SSSR count).